The summed E-state index contributed by atoms with van der Waals surface area (Å²) in [6.45, 7) is 5.38. The Morgan fingerprint density at radius 1 is 1.45 bits per heavy atom. The van der Waals surface area contributed by atoms with E-state index in [-0.39, 0.29) is 5.91 Å². The predicted molar refractivity (Wildman–Crippen MR) is 87.3 cm³/mol. The van der Waals surface area contributed by atoms with Gasteiger partial charge in [-0.2, -0.15) is 0 Å². The van der Waals surface area contributed by atoms with Crippen LogP contribution < -0.4 is 5.32 Å². The molecule has 0 unspecified atom stereocenters. The quantitative estimate of drug-likeness (QED) is 0.945. The number of amides is 1. The Bertz CT molecular complexity index is 677. The Morgan fingerprint density at radius 2 is 2.27 bits per heavy atom. The maximum Gasteiger partial charge on any atom is 0.265 e. The van der Waals surface area contributed by atoms with Gasteiger partial charge in [0.2, 0.25) is 0 Å². The monoisotopic (exact) mass is 319 g/mol. The highest BCUT2D eigenvalue weighted by atomic mass is 32.1. The van der Waals surface area contributed by atoms with Crippen LogP contribution in [0.25, 0.3) is 10.8 Å². The van der Waals surface area contributed by atoms with Crippen LogP contribution >= 0.6 is 11.3 Å². The number of hydrogen-bond donors (Lipinski definition) is 1. The van der Waals surface area contributed by atoms with E-state index >= 15 is 0 Å². The van der Waals surface area contributed by atoms with Gasteiger partial charge in [0.1, 0.15) is 10.6 Å². The van der Waals surface area contributed by atoms with Crippen molar-refractivity contribution < 1.29 is 9.21 Å². The van der Waals surface area contributed by atoms with E-state index in [0.717, 1.165) is 53.0 Å². The molecular weight excluding hydrogens is 298 g/mol. The van der Waals surface area contributed by atoms with Crippen LogP contribution in [0.2, 0.25) is 0 Å². The third-order valence-corrected chi connectivity index (χ3v) is 5.22. The topological polar surface area (TPSA) is 58.4 Å². The number of piperidine rings is 1. The summed E-state index contributed by atoms with van der Waals surface area (Å²) in [7, 11) is 1.95. The molecule has 0 radical (unpaired) electrons. The zero-order valence-corrected chi connectivity index (χ0v) is 14.0. The van der Waals surface area contributed by atoms with Gasteiger partial charge in [0.05, 0.1) is 5.69 Å². The highest BCUT2D eigenvalue weighted by molar-refractivity contribution is 7.17. The van der Waals surface area contributed by atoms with Gasteiger partial charge in [0, 0.05) is 19.1 Å². The summed E-state index contributed by atoms with van der Waals surface area (Å²) in [4.78, 5) is 19.9. The van der Waals surface area contributed by atoms with Crippen LogP contribution in [0.4, 0.5) is 0 Å². The van der Waals surface area contributed by atoms with Crippen LogP contribution in [0.1, 0.15) is 34.0 Å². The van der Waals surface area contributed by atoms with E-state index < -0.39 is 0 Å². The number of rotatable bonds is 3. The normalized spacial score (nSPS) is 18.7. The molecule has 118 valence electrons. The number of nitrogens with one attached hydrogen (secondary N) is 1. The first-order valence-corrected chi connectivity index (χ1v) is 8.41. The molecule has 0 aliphatic carbocycles. The van der Waals surface area contributed by atoms with Gasteiger partial charge in [-0.3, -0.25) is 4.79 Å². The molecule has 0 bridgehead atoms. The number of likely N-dealkylation sites (N-methyl/N-ethyl adjacent to an activating group) is 1. The van der Waals surface area contributed by atoms with Gasteiger partial charge >= 0.3 is 0 Å². The molecule has 1 saturated heterocycles. The third kappa shape index (κ3) is 2.94. The third-order valence-electron chi connectivity index (χ3n) is 4.06. The van der Waals surface area contributed by atoms with Crippen molar-refractivity contribution in [3.05, 3.63) is 28.5 Å². The summed E-state index contributed by atoms with van der Waals surface area (Å²) in [6, 6.07) is 4.20. The SMILES string of the molecule is CN[C@@H]1CCCN(C(=O)c2sc(-c3ccc(C)o3)nc2C)C1. The Hall–Kier alpha value is -1.66. The lowest BCUT2D eigenvalue weighted by atomic mass is 10.1. The van der Waals surface area contributed by atoms with Gasteiger partial charge in [-0.15, -0.1) is 11.3 Å². The fourth-order valence-corrected chi connectivity index (χ4v) is 3.79. The number of likely N-dealkylation sites (tertiary alicyclic amines) is 1. The highest BCUT2D eigenvalue weighted by Gasteiger charge is 2.27. The Morgan fingerprint density at radius 3 is 2.95 bits per heavy atom. The van der Waals surface area contributed by atoms with Gasteiger partial charge in [0.25, 0.3) is 5.91 Å². The second-order valence-corrected chi connectivity index (χ2v) is 6.72. The Labute approximate surface area is 134 Å². The average molecular weight is 319 g/mol. The van der Waals surface area contributed by atoms with E-state index in [2.05, 4.69) is 10.3 Å². The van der Waals surface area contributed by atoms with E-state index in [1.807, 2.05) is 37.9 Å². The average Bonchev–Trinajstić information content (AvgIpc) is 3.12. The first-order valence-electron chi connectivity index (χ1n) is 7.59. The minimum atomic E-state index is 0.0875. The van der Waals surface area contributed by atoms with E-state index in [4.69, 9.17) is 4.42 Å². The first-order chi connectivity index (χ1) is 10.6. The van der Waals surface area contributed by atoms with E-state index in [0.29, 0.717) is 6.04 Å². The summed E-state index contributed by atoms with van der Waals surface area (Å²) in [5.41, 5.74) is 0.783. The van der Waals surface area contributed by atoms with Crippen LogP contribution in [-0.4, -0.2) is 42.0 Å². The molecule has 0 spiro atoms. The van der Waals surface area contributed by atoms with Crippen molar-refractivity contribution in [3.63, 3.8) is 0 Å². The molecule has 6 heteroatoms. The highest BCUT2D eigenvalue weighted by Crippen LogP contribution is 2.30. The second kappa shape index (κ2) is 6.22. The molecule has 3 rings (SSSR count). The molecule has 1 atom stereocenters. The van der Waals surface area contributed by atoms with Crippen molar-refractivity contribution in [3.8, 4) is 10.8 Å². The molecule has 22 heavy (non-hydrogen) atoms. The standard InChI is InChI=1S/C16H21N3O2S/c1-10-6-7-13(21-10)15-18-11(2)14(22-15)16(20)19-8-4-5-12(9-19)17-3/h6-7,12,17H,4-5,8-9H2,1-3H3/t12-/m1/s1. The molecule has 0 saturated carbocycles. The number of carbonyl (C=O) groups is 1. The van der Waals surface area contributed by atoms with Gasteiger partial charge in [-0.1, -0.05) is 0 Å². The van der Waals surface area contributed by atoms with Crippen LogP contribution in [0, 0.1) is 13.8 Å². The molecule has 3 heterocycles. The molecule has 2 aromatic rings. The minimum absolute atomic E-state index is 0.0875. The zero-order chi connectivity index (χ0) is 15.7. The number of thiazole rings is 1. The van der Waals surface area contributed by atoms with Crippen molar-refractivity contribution in [1.29, 1.82) is 0 Å². The number of aryl methyl sites for hydroxylation is 2. The van der Waals surface area contributed by atoms with Gasteiger partial charge in [0.15, 0.2) is 10.8 Å². The van der Waals surface area contributed by atoms with Crippen LogP contribution in [0.15, 0.2) is 16.5 Å². The smallest absolute Gasteiger partial charge is 0.265 e. The zero-order valence-electron chi connectivity index (χ0n) is 13.2. The molecule has 2 aromatic heterocycles. The minimum Gasteiger partial charge on any atom is -0.459 e. The summed E-state index contributed by atoms with van der Waals surface area (Å²) in [6.07, 6.45) is 2.16. The number of nitrogens with zero attached hydrogens (tertiary/aromatic N) is 2. The summed E-state index contributed by atoms with van der Waals surface area (Å²) in [5, 5.41) is 4.04. The van der Waals surface area contributed by atoms with Crippen molar-refractivity contribution >= 4 is 17.2 Å². The second-order valence-electron chi connectivity index (χ2n) is 5.72. The lowest BCUT2D eigenvalue weighted by Gasteiger charge is -2.32. The number of carbonyl (C=O) groups excluding carboxylic acids is 1. The van der Waals surface area contributed by atoms with Gasteiger partial charge in [-0.05, 0) is 45.9 Å². The maximum atomic E-state index is 12.8. The Balaban J connectivity index is 1.82. The molecule has 5 nitrogen and oxygen atoms in total. The lowest BCUT2D eigenvalue weighted by molar-refractivity contribution is 0.0702. The molecule has 1 aliphatic rings. The summed E-state index contributed by atoms with van der Waals surface area (Å²) < 4.78 is 5.61. The maximum absolute atomic E-state index is 12.8. The van der Waals surface area contributed by atoms with Crippen LogP contribution in [-0.2, 0) is 0 Å². The molecule has 1 aliphatic heterocycles. The van der Waals surface area contributed by atoms with Crippen LogP contribution in [0.5, 0.6) is 0 Å². The van der Waals surface area contributed by atoms with E-state index in [9.17, 15) is 4.79 Å². The summed E-state index contributed by atoms with van der Waals surface area (Å²) >= 11 is 1.42. The predicted octanol–water partition coefficient (Wildman–Crippen LogP) is 2.84. The Kier molecular flexibility index (Phi) is 4.31. The molecule has 1 N–H and O–H groups in total. The molecule has 0 aromatic carbocycles. The van der Waals surface area contributed by atoms with Gasteiger partial charge in [-0.25, -0.2) is 4.98 Å². The lowest BCUT2D eigenvalue weighted by Crippen LogP contribution is -2.46. The van der Waals surface area contributed by atoms with Crippen LogP contribution in [0.3, 0.4) is 0 Å². The summed E-state index contributed by atoms with van der Waals surface area (Å²) in [5.74, 6) is 1.67. The van der Waals surface area contributed by atoms with Crippen molar-refractivity contribution in [2.24, 2.45) is 0 Å². The fourth-order valence-electron chi connectivity index (χ4n) is 2.79. The first kappa shape index (κ1) is 15.2. The molecular formula is C16H21N3O2S. The van der Waals surface area contributed by atoms with Crippen molar-refractivity contribution in [2.45, 2.75) is 32.7 Å². The molecule has 1 amide bonds. The van der Waals surface area contributed by atoms with Crippen molar-refractivity contribution in [1.82, 2.24) is 15.2 Å². The largest absolute Gasteiger partial charge is 0.459 e. The number of hydrogen-bond acceptors (Lipinski definition) is 5. The van der Waals surface area contributed by atoms with E-state index in [1.54, 1.807) is 0 Å². The van der Waals surface area contributed by atoms with E-state index in [1.165, 1.54) is 11.3 Å². The fraction of sp³-hybridized carbons (Fsp3) is 0.500. The number of aromatic nitrogens is 1. The number of furan rings is 1. The van der Waals surface area contributed by atoms with Gasteiger partial charge < -0.3 is 14.6 Å². The van der Waals surface area contributed by atoms with Crippen molar-refractivity contribution in [2.75, 3.05) is 20.1 Å². The molecule has 1 fully saturated rings.